The van der Waals surface area contributed by atoms with Crippen LogP contribution >= 0.6 is 0 Å². The minimum atomic E-state index is -0.708. The standard InChI is InChI=1S/C30H39FN2O/c1-2-3-4-5-6-7-8-9-10-11-28(31)19-14-24-12-15-26(16-13-24)30-32-22-27(23-33-30)25-17-20-29(34)21-18-25/h12-13,15-18,20-23,28,34H,2-11,14,19H2,1H3/t28-/m0/s1. The quantitative estimate of drug-likeness (QED) is 0.230. The molecule has 0 aliphatic heterocycles. The molecule has 0 amide bonds. The zero-order valence-electron chi connectivity index (χ0n) is 20.6. The van der Waals surface area contributed by atoms with Gasteiger partial charge in [0.05, 0.1) is 0 Å². The van der Waals surface area contributed by atoms with Gasteiger partial charge >= 0.3 is 0 Å². The van der Waals surface area contributed by atoms with Crippen molar-refractivity contribution in [3.63, 3.8) is 0 Å². The number of aromatic hydroxyl groups is 1. The highest BCUT2D eigenvalue weighted by atomic mass is 19.1. The minimum absolute atomic E-state index is 0.240. The van der Waals surface area contributed by atoms with Crippen LogP contribution in [0.5, 0.6) is 5.75 Å². The number of hydrogen-bond donors (Lipinski definition) is 1. The first kappa shape index (κ1) is 25.9. The van der Waals surface area contributed by atoms with Crippen LogP contribution in [0.2, 0.25) is 0 Å². The summed E-state index contributed by atoms with van der Waals surface area (Å²) in [6.45, 7) is 2.25. The van der Waals surface area contributed by atoms with Crippen molar-refractivity contribution in [1.29, 1.82) is 0 Å². The van der Waals surface area contributed by atoms with Gasteiger partial charge in [-0.15, -0.1) is 0 Å². The summed E-state index contributed by atoms with van der Waals surface area (Å²) in [4.78, 5) is 8.98. The van der Waals surface area contributed by atoms with E-state index in [1.807, 2.05) is 24.3 Å². The number of hydrogen-bond acceptors (Lipinski definition) is 3. The largest absolute Gasteiger partial charge is 0.508 e. The molecule has 0 saturated carbocycles. The van der Waals surface area contributed by atoms with Gasteiger partial charge in [-0.3, -0.25) is 0 Å². The van der Waals surface area contributed by atoms with Crippen molar-refractivity contribution in [1.82, 2.24) is 9.97 Å². The van der Waals surface area contributed by atoms with Crippen molar-refractivity contribution in [3.05, 3.63) is 66.5 Å². The molecule has 1 N–H and O–H groups in total. The number of benzene rings is 2. The number of alkyl halides is 1. The smallest absolute Gasteiger partial charge is 0.159 e. The molecule has 1 heterocycles. The number of aryl methyl sites for hydroxylation is 1. The van der Waals surface area contributed by atoms with E-state index in [1.54, 1.807) is 24.5 Å². The van der Waals surface area contributed by atoms with E-state index >= 15 is 0 Å². The Kier molecular flexibility index (Phi) is 11.0. The molecule has 3 rings (SSSR count). The maximum atomic E-state index is 14.3. The number of nitrogens with zero attached hydrogens (tertiary/aromatic N) is 2. The molecular formula is C30H39FN2O. The SMILES string of the molecule is CCCCCCCCCCC[C@H](F)CCc1ccc(-c2ncc(-c3ccc(O)cc3)cn2)cc1. The first-order valence-electron chi connectivity index (χ1n) is 13.0. The van der Waals surface area contributed by atoms with Gasteiger partial charge in [0, 0.05) is 23.5 Å². The monoisotopic (exact) mass is 462 g/mol. The Bertz CT molecular complexity index is 939. The maximum absolute atomic E-state index is 14.3. The van der Waals surface area contributed by atoms with Crippen LogP contribution in [-0.4, -0.2) is 21.2 Å². The van der Waals surface area contributed by atoms with E-state index in [9.17, 15) is 9.50 Å². The normalized spacial score (nSPS) is 12.1. The summed E-state index contributed by atoms with van der Waals surface area (Å²) in [5.41, 5.74) is 3.97. The van der Waals surface area contributed by atoms with Gasteiger partial charge in [0.15, 0.2) is 5.82 Å². The van der Waals surface area contributed by atoms with E-state index in [-0.39, 0.29) is 5.75 Å². The zero-order chi connectivity index (χ0) is 24.0. The van der Waals surface area contributed by atoms with Crippen LogP contribution in [0.4, 0.5) is 4.39 Å². The highest BCUT2D eigenvalue weighted by Crippen LogP contribution is 2.23. The van der Waals surface area contributed by atoms with Crippen LogP contribution in [0.15, 0.2) is 60.9 Å². The summed E-state index contributed by atoms with van der Waals surface area (Å²) >= 11 is 0. The second-order valence-corrected chi connectivity index (χ2v) is 9.29. The van der Waals surface area contributed by atoms with Crippen LogP contribution in [0.1, 0.15) is 83.1 Å². The fourth-order valence-corrected chi connectivity index (χ4v) is 4.24. The van der Waals surface area contributed by atoms with E-state index < -0.39 is 6.17 Å². The maximum Gasteiger partial charge on any atom is 0.159 e. The summed E-state index contributed by atoms with van der Waals surface area (Å²) in [7, 11) is 0. The molecule has 2 aromatic carbocycles. The fraction of sp³-hybridized carbons (Fsp3) is 0.467. The van der Waals surface area contributed by atoms with Gasteiger partial charge in [0.2, 0.25) is 0 Å². The third-order valence-electron chi connectivity index (χ3n) is 6.43. The molecule has 4 heteroatoms. The van der Waals surface area contributed by atoms with Crippen LogP contribution in [0.3, 0.4) is 0 Å². The zero-order valence-corrected chi connectivity index (χ0v) is 20.6. The Labute approximate surface area is 204 Å². The lowest BCUT2D eigenvalue weighted by atomic mass is 10.0. The molecule has 0 saturated heterocycles. The molecule has 0 aliphatic rings. The second kappa shape index (κ2) is 14.5. The summed E-state index contributed by atoms with van der Waals surface area (Å²) in [6, 6.07) is 15.1. The molecule has 1 aromatic heterocycles. The highest BCUT2D eigenvalue weighted by molar-refractivity contribution is 5.64. The Morgan fingerprint density at radius 3 is 1.85 bits per heavy atom. The van der Waals surface area contributed by atoms with Gasteiger partial charge in [-0.05, 0) is 42.5 Å². The van der Waals surface area contributed by atoms with Gasteiger partial charge in [-0.25, -0.2) is 14.4 Å². The van der Waals surface area contributed by atoms with E-state index in [1.165, 1.54) is 44.9 Å². The lowest BCUT2D eigenvalue weighted by Gasteiger charge is -2.09. The van der Waals surface area contributed by atoms with Crippen molar-refractivity contribution in [3.8, 4) is 28.3 Å². The van der Waals surface area contributed by atoms with Gasteiger partial charge in [0.1, 0.15) is 11.9 Å². The van der Waals surface area contributed by atoms with Crippen molar-refractivity contribution in [2.75, 3.05) is 0 Å². The first-order valence-corrected chi connectivity index (χ1v) is 13.0. The predicted molar refractivity (Wildman–Crippen MR) is 140 cm³/mol. The van der Waals surface area contributed by atoms with Crippen molar-refractivity contribution >= 4 is 0 Å². The average molecular weight is 463 g/mol. The molecular weight excluding hydrogens is 423 g/mol. The van der Waals surface area contributed by atoms with Gasteiger partial charge in [-0.1, -0.05) is 101 Å². The summed E-state index contributed by atoms with van der Waals surface area (Å²) in [6.07, 6.45) is 16.4. The molecule has 0 bridgehead atoms. The molecule has 1 atom stereocenters. The van der Waals surface area contributed by atoms with E-state index in [0.717, 1.165) is 41.5 Å². The van der Waals surface area contributed by atoms with Crippen molar-refractivity contribution < 1.29 is 9.50 Å². The molecule has 34 heavy (non-hydrogen) atoms. The Morgan fingerprint density at radius 2 is 1.24 bits per heavy atom. The number of rotatable bonds is 15. The van der Waals surface area contributed by atoms with E-state index in [4.69, 9.17) is 0 Å². The minimum Gasteiger partial charge on any atom is -0.508 e. The first-order chi connectivity index (χ1) is 16.7. The molecule has 3 nitrogen and oxygen atoms in total. The number of halogens is 1. The topological polar surface area (TPSA) is 46.0 Å². The van der Waals surface area contributed by atoms with Gasteiger partial charge in [-0.2, -0.15) is 0 Å². The summed E-state index contributed by atoms with van der Waals surface area (Å²) in [5, 5.41) is 9.43. The predicted octanol–water partition coefficient (Wildman–Crippen LogP) is 8.71. The Morgan fingerprint density at radius 1 is 0.676 bits per heavy atom. The molecule has 0 radical (unpaired) electrons. The molecule has 0 aliphatic carbocycles. The number of phenols is 1. The molecule has 0 unspecified atom stereocenters. The van der Waals surface area contributed by atoms with E-state index in [2.05, 4.69) is 29.0 Å². The van der Waals surface area contributed by atoms with Crippen LogP contribution in [0.25, 0.3) is 22.5 Å². The molecule has 182 valence electrons. The third kappa shape index (κ3) is 8.89. The molecule has 0 spiro atoms. The lowest BCUT2D eigenvalue weighted by molar-refractivity contribution is 0.287. The van der Waals surface area contributed by atoms with Gasteiger partial charge < -0.3 is 5.11 Å². The van der Waals surface area contributed by atoms with Gasteiger partial charge in [0.25, 0.3) is 0 Å². The number of phenolic OH excluding ortho intramolecular Hbond substituents is 1. The summed E-state index contributed by atoms with van der Waals surface area (Å²) in [5.74, 6) is 0.909. The van der Waals surface area contributed by atoms with Crippen LogP contribution in [-0.2, 0) is 6.42 Å². The third-order valence-corrected chi connectivity index (χ3v) is 6.43. The van der Waals surface area contributed by atoms with Crippen molar-refractivity contribution in [2.24, 2.45) is 0 Å². The number of aromatic nitrogens is 2. The van der Waals surface area contributed by atoms with E-state index in [0.29, 0.717) is 18.7 Å². The fourth-order valence-electron chi connectivity index (χ4n) is 4.24. The van der Waals surface area contributed by atoms with Crippen molar-refractivity contribution in [2.45, 2.75) is 90.1 Å². The highest BCUT2D eigenvalue weighted by Gasteiger charge is 2.08. The molecule has 0 fully saturated rings. The Balaban J connectivity index is 1.35. The van der Waals surface area contributed by atoms with Crippen LogP contribution in [0, 0.1) is 0 Å². The number of unbranched alkanes of at least 4 members (excludes halogenated alkanes) is 8. The average Bonchev–Trinajstić information content (AvgIpc) is 2.87. The van der Waals surface area contributed by atoms with Crippen LogP contribution < -0.4 is 0 Å². The summed E-state index contributed by atoms with van der Waals surface area (Å²) < 4.78 is 14.3. The molecule has 3 aromatic rings. The Hall–Kier alpha value is -2.75. The lowest BCUT2D eigenvalue weighted by Crippen LogP contribution is -2.02. The second-order valence-electron chi connectivity index (χ2n) is 9.29.